The van der Waals surface area contributed by atoms with Gasteiger partial charge in [0, 0.05) is 35.8 Å². The van der Waals surface area contributed by atoms with Crippen LogP contribution >= 0.6 is 11.6 Å². The number of aryl methyl sites for hydroxylation is 1. The fraction of sp³-hybridized carbons (Fsp3) is 0.240. The lowest BCUT2D eigenvalue weighted by atomic mass is 9.93. The first-order chi connectivity index (χ1) is 15.4. The maximum atomic E-state index is 13.7. The third kappa shape index (κ3) is 4.81. The van der Waals surface area contributed by atoms with Crippen molar-refractivity contribution in [2.75, 3.05) is 11.9 Å². The minimum atomic E-state index is -0.411. The highest BCUT2D eigenvalue weighted by Crippen LogP contribution is 2.31. The lowest BCUT2D eigenvalue weighted by Crippen LogP contribution is -2.38. The summed E-state index contributed by atoms with van der Waals surface area (Å²) in [5.74, 6) is 0.340. The van der Waals surface area contributed by atoms with Crippen LogP contribution < -0.4 is 5.32 Å². The van der Waals surface area contributed by atoms with Crippen LogP contribution in [0.25, 0.3) is 11.3 Å². The molecule has 0 radical (unpaired) electrons. The Kier molecular flexibility index (Phi) is 6.51. The van der Waals surface area contributed by atoms with E-state index in [1.807, 2.05) is 36.2 Å². The molecule has 2 aromatic heterocycles. The van der Waals surface area contributed by atoms with Gasteiger partial charge in [0.1, 0.15) is 11.6 Å². The number of benzene rings is 1. The van der Waals surface area contributed by atoms with Crippen molar-refractivity contribution in [2.45, 2.75) is 26.7 Å². The highest BCUT2D eigenvalue weighted by Gasteiger charge is 2.29. The van der Waals surface area contributed by atoms with Crippen molar-refractivity contribution in [1.29, 1.82) is 0 Å². The number of halogens is 2. The van der Waals surface area contributed by atoms with Crippen molar-refractivity contribution in [3.8, 4) is 11.3 Å². The fourth-order valence-electron chi connectivity index (χ4n) is 3.89. The minimum absolute atomic E-state index is 0.0986. The summed E-state index contributed by atoms with van der Waals surface area (Å²) in [6, 6.07) is 12.2. The van der Waals surface area contributed by atoms with Crippen molar-refractivity contribution >= 4 is 23.3 Å². The molecule has 1 aliphatic heterocycles. The Morgan fingerprint density at radius 2 is 2.03 bits per heavy atom. The molecule has 7 heteroatoms. The van der Waals surface area contributed by atoms with E-state index in [2.05, 4.69) is 22.2 Å². The van der Waals surface area contributed by atoms with E-state index < -0.39 is 5.82 Å². The summed E-state index contributed by atoms with van der Waals surface area (Å²) in [4.78, 5) is 24.0. The van der Waals surface area contributed by atoms with Gasteiger partial charge in [0.15, 0.2) is 0 Å². The summed E-state index contributed by atoms with van der Waals surface area (Å²) in [7, 11) is 0. The van der Waals surface area contributed by atoms with Gasteiger partial charge in [-0.05, 0) is 56.0 Å². The Morgan fingerprint density at radius 3 is 2.75 bits per heavy atom. The summed E-state index contributed by atoms with van der Waals surface area (Å²) >= 11 is 5.92. The highest BCUT2D eigenvalue weighted by molar-refractivity contribution is 6.30. The molecule has 1 aromatic carbocycles. The first-order valence-electron chi connectivity index (χ1n) is 10.5. The van der Waals surface area contributed by atoms with Crippen LogP contribution in [0.15, 0.2) is 66.8 Å². The van der Waals surface area contributed by atoms with Crippen LogP contribution in [0.3, 0.4) is 0 Å². The van der Waals surface area contributed by atoms with Crippen LogP contribution in [0.2, 0.25) is 5.02 Å². The van der Waals surface area contributed by atoms with Gasteiger partial charge < -0.3 is 10.2 Å². The SMILES string of the molecule is Cc1ccc(-c2ccc(F)cn2)c(C(=O)N2CCC[C@@H](C)/C2=C\Nc2ccc(Cl)cn2)c1. The van der Waals surface area contributed by atoms with Crippen molar-refractivity contribution < 1.29 is 9.18 Å². The van der Waals surface area contributed by atoms with Gasteiger partial charge in [0.25, 0.3) is 5.91 Å². The monoisotopic (exact) mass is 450 g/mol. The average molecular weight is 451 g/mol. The van der Waals surface area contributed by atoms with Crippen molar-refractivity contribution in [1.82, 2.24) is 14.9 Å². The van der Waals surface area contributed by atoms with Gasteiger partial charge in [-0.1, -0.05) is 36.2 Å². The highest BCUT2D eigenvalue weighted by atomic mass is 35.5. The van der Waals surface area contributed by atoms with E-state index in [1.165, 1.54) is 12.3 Å². The van der Waals surface area contributed by atoms with E-state index in [0.717, 1.165) is 24.1 Å². The maximum absolute atomic E-state index is 13.7. The smallest absolute Gasteiger partial charge is 0.258 e. The number of hydrogen-bond acceptors (Lipinski definition) is 4. The standard InChI is InChI=1S/C25H24ClFN4O/c1-16-5-8-20(22-9-7-19(27)14-28-22)21(12-16)25(32)31-11-3-4-17(2)23(31)15-30-24-10-6-18(26)13-29-24/h5-10,12-15,17H,3-4,11H2,1-2H3,(H,29,30)/b23-15+/t17-/m1/s1. The molecule has 0 saturated carbocycles. The molecule has 0 unspecified atom stereocenters. The van der Waals surface area contributed by atoms with Crippen LogP contribution in [0.5, 0.6) is 0 Å². The summed E-state index contributed by atoms with van der Waals surface area (Å²) in [6.45, 7) is 4.68. The molecule has 1 N–H and O–H groups in total. The normalized spacial score (nSPS) is 17.4. The largest absolute Gasteiger partial charge is 0.345 e. The van der Waals surface area contributed by atoms with Crippen molar-refractivity contribution in [3.05, 3.63) is 88.7 Å². The van der Waals surface area contributed by atoms with Gasteiger partial charge in [-0.25, -0.2) is 9.37 Å². The Balaban J connectivity index is 1.68. The molecule has 1 amide bonds. The molecule has 3 heterocycles. The number of nitrogens with one attached hydrogen (secondary N) is 1. The Hall–Kier alpha value is -3.25. The van der Waals surface area contributed by atoms with Crippen molar-refractivity contribution in [3.63, 3.8) is 0 Å². The number of piperidine rings is 1. The molecule has 0 bridgehead atoms. The summed E-state index contributed by atoms with van der Waals surface area (Å²) in [5.41, 5.74) is 3.67. The minimum Gasteiger partial charge on any atom is -0.345 e. The Morgan fingerprint density at radius 1 is 1.19 bits per heavy atom. The molecule has 3 aromatic rings. The second-order valence-electron chi connectivity index (χ2n) is 7.99. The zero-order valence-corrected chi connectivity index (χ0v) is 18.7. The van der Waals surface area contributed by atoms with E-state index in [-0.39, 0.29) is 11.8 Å². The number of aromatic nitrogens is 2. The number of amides is 1. The van der Waals surface area contributed by atoms with Gasteiger partial charge in [-0.3, -0.25) is 9.78 Å². The molecule has 0 aliphatic carbocycles. The number of carbonyl (C=O) groups excluding carboxylic acids is 1. The number of pyridine rings is 2. The van der Waals surface area contributed by atoms with E-state index in [4.69, 9.17) is 11.6 Å². The third-order valence-electron chi connectivity index (χ3n) is 5.58. The number of anilines is 1. The van der Waals surface area contributed by atoms with E-state index >= 15 is 0 Å². The van der Waals surface area contributed by atoms with E-state index in [1.54, 1.807) is 24.4 Å². The zero-order chi connectivity index (χ0) is 22.7. The number of nitrogens with zero attached hydrogens (tertiary/aromatic N) is 3. The number of likely N-dealkylation sites (tertiary alicyclic amines) is 1. The number of allylic oxidation sites excluding steroid dienone is 1. The average Bonchev–Trinajstić information content (AvgIpc) is 2.79. The first-order valence-corrected chi connectivity index (χ1v) is 10.9. The summed E-state index contributed by atoms with van der Waals surface area (Å²) < 4.78 is 13.4. The predicted molar refractivity (Wildman–Crippen MR) is 125 cm³/mol. The van der Waals surface area contributed by atoms with Gasteiger partial charge in [-0.15, -0.1) is 0 Å². The summed E-state index contributed by atoms with van der Waals surface area (Å²) in [5, 5.41) is 3.75. The van der Waals surface area contributed by atoms with E-state index in [9.17, 15) is 9.18 Å². The van der Waals surface area contributed by atoms with Crippen LogP contribution in [-0.4, -0.2) is 27.3 Å². The quantitative estimate of drug-likeness (QED) is 0.524. The van der Waals surface area contributed by atoms with Crippen LogP contribution in [-0.2, 0) is 0 Å². The summed E-state index contributed by atoms with van der Waals surface area (Å²) in [6.07, 6.45) is 6.50. The molecule has 0 spiro atoms. The molecule has 164 valence electrons. The van der Waals surface area contributed by atoms with Gasteiger partial charge in [-0.2, -0.15) is 0 Å². The number of carbonyl (C=O) groups is 1. The van der Waals surface area contributed by atoms with Gasteiger partial charge in [0.05, 0.1) is 16.9 Å². The lowest BCUT2D eigenvalue weighted by molar-refractivity contribution is 0.0762. The fourth-order valence-corrected chi connectivity index (χ4v) is 4.00. The number of rotatable bonds is 4. The molecule has 32 heavy (non-hydrogen) atoms. The lowest BCUT2D eigenvalue weighted by Gasteiger charge is -2.34. The molecule has 1 fully saturated rings. The van der Waals surface area contributed by atoms with Crippen LogP contribution in [0.1, 0.15) is 35.7 Å². The topological polar surface area (TPSA) is 58.1 Å². The van der Waals surface area contributed by atoms with Crippen LogP contribution in [0, 0.1) is 18.7 Å². The third-order valence-corrected chi connectivity index (χ3v) is 5.81. The zero-order valence-electron chi connectivity index (χ0n) is 18.0. The second-order valence-corrected chi connectivity index (χ2v) is 8.42. The van der Waals surface area contributed by atoms with Gasteiger partial charge >= 0.3 is 0 Å². The van der Waals surface area contributed by atoms with Crippen LogP contribution in [0.4, 0.5) is 10.2 Å². The molecule has 4 rings (SSSR count). The molecular weight excluding hydrogens is 427 g/mol. The molecule has 1 aliphatic rings. The number of hydrogen-bond donors (Lipinski definition) is 1. The van der Waals surface area contributed by atoms with E-state index in [0.29, 0.717) is 34.2 Å². The Bertz CT molecular complexity index is 1150. The van der Waals surface area contributed by atoms with Crippen molar-refractivity contribution in [2.24, 2.45) is 5.92 Å². The first kappa shape index (κ1) is 22.0. The molecule has 1 saturated heterocycles. The molecule has 5 nitrogen and oxygen atoms in total. The molecule has 1 atom stereocenters. The maximum Gasteiger partial charge on any atom is 0.258 e. The van der Waals surface area contributed by atoms with Gasteiger partial charge in [0.2, 0.25) is 0 Å². The molecular formula is C25H24ClFN4O. The predicted octanol–water partition coefficient (Wildman–Crippen LogP) is 6.07. The Labute approximate surface area is 192 Å². The second kappa shape index (κ2) is 9.49.